The highest BCUT2D eigenvalue weighted by Gasteiger charge is 2.33. The fraction of sp³-hybridized carbons (Fsp3) is 0.467. The van der Waals surface area contributed by atoms with E-state index in [-0.39, 0.29) is 18.5 Å². The number of halogens is 3. The van der Waals surface area contributed by atoms with Gasteiger partial charge in [-0.3, -0.25) is 4.79 Å². The van der Waals surface area contributed by atoms with Gasteiger partial charge in [0.2, 0.25) is 5.91 Å². The van der Waals surface area contributed by atoms with E-state index in [1.165, 1.54) is 17.2 Å². The van der Waals surface area contributed by atoms with Gasteiger partial charge in [-0.15, -0.1) is 10.2 Å². The normalized spacial score (nSPS) is 18.6. The van der Waals surface area contributed by atoms with Crippen LogP contribution in [-0.2, 0) is 17.5 Å². The molecule has 2 heterocycles. The molecule has 0 unspecified atom stereocenters. The van der Waals surface area contributed by atoms with Crippen LogP contribution >= 0.6 is 0 Å². The zero-order chi connectivity index (χ0) is 17.2. The maximum atomic E-state index is 12.9. The molecule has 9 heteroatoms. The molecule has 1 amide bonds. The molecular weight excluding hydrogens is 323 g/mol. The molecule has 1 aliphatic rings. The van der Waals surface area contributed by atoms with Gasteiger partial charge in [-0.25, -0.2) is 0 Å². The molecule has 1 aromatic heterocycles. The molecule has 1 saturated heterocycles. The number of alkyl halides is 3. The van der Waals surface area contributed by atoms with Gasteiger partial charge < -0.3 is 4.90 Å². The van der Waals surface area contributed by atoms with Crippen molar-refractivity contribution in [2.45, 2.75) is 38.0 Å². The monoisotopic (exact) mass is 339 g/mol. The van der Waals surface area contributed by atoms with Crippen LogP contribution in [0.25, 0.3) is 0 Å². The van der Waals surface area contributed by atoms with Gasteiger partial charge in [0, 0.05) is 6.54 Å². The lowest BCUT2D eigenvalue weighted by atomic mass is 9.94. The summed E-state index contributed by atoms with van der Waals surface area (Å²) in [5.74, 6) is -0.227. The number of nitrogens with zero attached hydrogens (tertiary/aromatic N) is 5. The van der Waals surface area contributed by atoms with E-state index < -0.39 is 11.7 Å². The largest absolute Gasteiger partial charge is 0.416 e. The van der Waals surface area contributed by atoms with Gasteiger partial charge in [0.05, 0.1) is 11.6 Å². The van der Waals surface area contributed by atoms with Crippen LogP contribution < -0.4 is 0 Å². The number of carbonyl (C=O) groups is 1. The molecule has 2 aromatic rings. The van der Waals surface area contributed by atoms with Gasteiger partial charge in [-0.05, 0) is 42.2 Å². The second-order valence-corrected chi connectivity index (χ2v) is 5.69. The second kappa shape index (κ2) is 6.58. The van der Waals surface area contributed by atoms with E-state index in [4.69, 9.17) is 0 Å². The van der Waals surface area contributed by atoms with Crippen LogP contribution in [0.4, 0.5) is 13.2 Å². The number of aromatic nitrogens is 4. The summed E-state index contributed by atoms with van der Waals surface area (Å²) in [4.78, 5) is 15.3. The Morgan fingerprint density at radius 3 is 2.83 bits per heavy atom. The van der Waals surface area contributed by atoms with Gasteiger partial charge >= 0.3 is 6.18 Å². The quantitative estimate of drug-likeness (QED) is 0.862. The Morgan fingerprint density at radius 2 is 2.12 bits per heavy atom. The molecular formula is C15H16F3N5O. The maximum absolute atomic E-state index is 12.9. The van der Waals surface area contributed by atoms with Crippen molar-refractivity contribution in [1.82, 2.24) is 25.1 Å². The number of piperidine rings is 1. The fourth-order valence-corrected chi connectivity index (χ4v) is 2.97. The van der Waals surface area contributed by atoms with Crippen molar-refractivity contribution >= 4 is 5.91 Å². The van der Waals surface area contributed by atoms with Crippen molar-refractivity contribution in [2.24, 2.45) is 0 Å². The topological polar surface area (TPSA) is 63.9 Å². The standard InChI is InChI=1S/C15H16F3N5O/c16-15(17,18)12-5-3-4-11(8-12)13-6-1-2-7-22(13)14(24)9-23-20-10-19-21-23/h3-5,8,10,13H,1-2,6-7,9H2/t13-/m0/s1. The third kappa shape index (κ3) is 3.55. The number of amides is 1. The highest BCUT2D eigenvalue weighted by molar-refractivity contribution is 5.76. The fourth-order valence-electron chi connectivity index (χ4n) is 2.97. The lowest BCUT2D eigenvalue weighted by molar-refractivity contribution is -0.137. The van der Waals surface area contributed by atoms with Crippen LogP contribution in [0.3, 0.4) is 0 Å². The van der Waals surface area contributed by atoms with Crippen molar-refractivity contribution in [3.63, 3.8) is 0 Å². The summed E-state index contributed by atoms with van der Waals surface area (Å²) >= 11 is 0. The lowest BCUT2D eigenvalue weighted by Gasteiger charge is -2.36. The lowest BCUT2D eigenvalue weighted by Crippen LogP contribution is -2.40. The average Bonchev–Trinajstić information content (AvgIpc) is 3.07. The Morgan fingerprint density at radius 1 is 1.29 bits per heavy atom. The van der Waals surface area contributed by atoms with Crippen molar-refractivity contribution in [3.05, 3.63) is 41.7 Å². The van der Waals surface area contributed by atoms with Crippen LogP contribution in [0.5, 0.6) is 0 Å². The summed E-state index contributed by atoms with van der Waals surface area (Å²) in [7, 11) is 0. The Bertz CT molecular complexity index is 701. The Hall–Kier alpha value is -2.45. The molecule has 0 spiro atoms. The van der Waals surface area contributed by atoms with E-state index in [2.05, 4.69) is 15.4 Å². The summed E-state index contributed by atoms with van der Waals surface area (Å²) in [6.07, 6.45) is -0.839. The highest BCUT2D eigenvalue weighted by Crippen LogP contribution is 2.35. The van der Waals surface area contributed by atoms with Crippen LogP contribution in [0.15, 0.2) is 30.6 Å². The van der Waals surface area contributed by atoms with E-state index in [0.29, 0.717) is 18.5 Å². The molecule has 1 fully saturated rings. The molecule has 1 aliphatic heterocycles. The summed E-state index contributed by atoms with van der Waals surface area (Å²) in [5.41, 5.74) is -0.194. The van der Waals surface area contributed by atoms with Crippen molar-refractivity contribution in [3.8, 4) is 0 Å². The molecule has 0 aliphatic carbocycles. The minimum absolute atomic E-state index is 0.0739. The minimum Gasteiger partial charge on any atom is -0.334 e. The van der Waals surface area contributed by atoms with Crippen LogP contribution in [0.2, 0.25) is 0 Å². The van der Waals surface area contributed by atoms with Crippen LogP contribution in [-0.4, -0.2) is 37.6 Å². The Labute approximate surface area is 136 Å². The minimum atomic E-state index is -4.40. The first-order chi connectivity index (χ1) is 11.4. The first-order valence-corrected chi connectivity index (χ1v) is 7.62. The average molecular weight is 339 g/mol. The Balaban J connectivity index is 1.83. The second-order valence-electron chi connectivity index (χ2n) is 5.69. The molecule has 1 atom stereocenters. The highest BCUT2D eigenvalue weighted by atomic mass is 19.4. The predicted molar refractivity (Wildman–Crippen MR) is 77.6 cm³/mol. The number of rotatable bonds is 3. The smallest absolute Gasteiger partial charge is 0.334 e. The maximum Gasteiger partial charge on any atom is 0.416 e. The first-order valence-electron chi connectivity index (χ1n) is 7.62. The Kier molecular flexibility index (Phi) is 4.50. The molecule has 0 N–H and O–H groups in total. The van der Waals surface area contributed by atoms with Gasteiger partial charge in [0.1, 0.15) is 6.54 Å². The van der Waals surface area contributed by atoms with Crippen molar-refractivity contribution in [1.29, 1.82) is 0 Å². The number of benzene rings is 1. The molecule has 6 nitrogen and oxygen atoms in total. The number of hydrogen-bond donors (Lipinski definition) is 0. The van der Waals surface area contributed by atoms with Gasteiger partial charge in [0.25, 0.3) is 0 Å². The molecule has 24 heavy (non-hydrogen) atoms. The van der Waals surface area contributed by atoms with E-state index >= 15 is 0 Å². The number of carbonyl (C=O) groups excluding carboxylic acids is 1. The molecule has 128 valence electrons. The van der Waals surface area contributed by atoms with Gasteiger partial charge in [-0.2, -0.15) is 18.0 Å². The van der Waals surface area contributed by atoms with Gasteiger partial charge in [0.15, 0.2) is 6.33 Å². The molecule has 1 aromatic carbocycles. The molecule has 0 bridgehead atoms. The molecule has 3 rings (SSSR count). The zero-order valence-electron chi connectivity index (χ0n) is 12.8. The summed E-state index contributed by atoms with van der Waals surface area (Å²) < 4.78 is 38.8. The van der Waals surface area contributed by atoms with Crippen LogP contribution in [0.1, 0.15) is 36.4 Å². The number of tetrazole rings is 1. The molecule has 0 saturated carbocycles. The molecule has 0 radical (unpaired) electrons. The van der Waals surface area contributed by atoms with Crippen molar-refractivity contribution in [2.75, 3.05) is 6.54 Å². The zero-order valence-corrected chi connectivity index (χ0v) is 12.8. The predicted octanol–water partition coefficient (Wildman–Crippen LogP) is 2.45. The van der Waals surface area contributed by atoms with E-state index in [0.717, 1.165) is 25.0 Å². The van der Waals surface area contributed by atoms with Gasteiger partial charge in [-0.1, -0.05) is 12.1 Å². The van der Waals surface area contributed by atoms with E-state index in [1.54, 1.807) is 11.0 Å². The third-order valence-corrected chi connectivity index (χ3v) is 4.09. The van der Waals surface area contributed by atoms with Crippen molar-refractivity contribution < 1.29 is 18.0 Å². The summed E-state index contributed by atoms with van der Waals surface area (Å²) in [6.45, 7) is 0.434. The summed E-state index contributed by atoms with van der Waals surface area (Å²) in [5, 5.41) is 11.0. The third-order valence-electron chi connectivity index (χ3n) is 4.09. The summed E-state index contributed by atoms with van der Waals surface area (Å²) in [6, 6.07) is 4.83. The first kappa shape index (κ1) is 16.4. The number of hydrogen-bond acceptors (Lipinski definition) is 4. The van der Waals surface area contributed by atoms with E-state index in [9.17, 15) is 18.0 Å². The number of likely N-dealkylation sites (tertiary alicyclic amines) is 1. The van der Waals surface area contributed by atoms with Crippen LogP contribution in [0, 0.1) is 0 Å². The van der Waals surface area contributed by atoms with E-state index in [1.807, 2.05) is 0 Å². The SMILES string of the molecule is O=C(Cn1ncnn1)N1CCCC[C@H]1c1cccc(C(F)(F)F)c1.